The molecule has 0 aromatic heterocycles. The van der Waals surface area contributed by atoms with Crippen LogP contribution in [0.4, 0.5) is 0 Å². The van der Waals surface area contributed by atoms with Crippen LogP contribution in [0.15, 0.2) is 18.2 Å². The van der Waals surface area contributed by atoms with Crippen molar-refractivity contribution in [1.82, 2.24) is 0 Å². The Morgan fingerprint density at radius 3 is 3.06 bits per heavy atom. The average molecular weight is 234 g/mol. The largest absolute Gasteiger partial charge is 0.493 e. The lowest BCUT2D eigenvalue weighted by Crippen LogP contribution is -2.42. The first-order chi connectivity index (χ1) is 8.29. The van der Waals surface area contributed by atoms with E-state index >= 15 is 0 Å². The van der Waals surface area contributed by atoms with Crippen molar-refractivity contribution in [2.45, 2.75) is 38.4 Å². The van der Waals surface area contributed by atoms with Crippen LogP contribution < -0.4 is 14.2 Å². The van der Waals surface area contributed by atoms with Gasteiger partial charge in [-0.25, -0.2) is 0 Å². The molecule has 2 atom stereocenters. The smallest absolute Gasteiger partial charge is 0.254 e. The number of fused-ring (bicyclic) bond motifs is 1. The summed E-state index contributed by atoms with van der Waals surface area (Å²) in [7, 11) is 1.66. The maximum absolute atomic E-state index is 6.13. The Morgan fingerprint density at radius 1 is 1.41 bits per heavy atom. The lowest BCUT2D eigenvalue weighted by atomic mass is 9.99. The summed E-state index contributed by atoms with van der Waals surface area (Å²) >= 11 is 0. The second kappa shape index (κ2) is 3.83. The van der Waals surface area contributed by atoms with Gasteiger partial charge in [-0.2, -0.15) is 0 Å². The first-order valence-electron chi connectivity index (χ1n) is 6.34. The van der Waals surface area contributed by atoms with E-state index in [0.29, 0.717) is 5.92 Å². The van der Waals surface area contributed by atoms with Crippen molar-refractivity contribution in [3.8, 4) is 17.2 Å². The SMILES string of the molecule is CCC1CCCC12Oc1cccc(OC)c1O2. The monoisotopic (exact) mass is 234 g/mol. The van der Waals surface area contributed by atoms with Gasteiger partial charge < -0.3 is 14.2 Å². The van der Waals surface area contributed by atoms with Crippen molar-refractivity contribution >= 4 is 0 Å². The fraction of sp³-hybridized carbons (Fsp3) is 0.571. The van der Waals surface area contributed by atoms with Crippen LogP contribution in [0, 0.1) is 5.92 Å². The Bertz CT molecular complexity index is 429. The van der Waals surface area contributed by atoms with Gasteiger partial charge in [-0.05, 0) is 31.4 Å². The normalized spacial score (nSPS) is 29.9. The predicted molar refractivity (Wildman–Crippen MR) is 64.6 cm³/mol. The third-order valence-corrected chi connectivity index (χ3v) is 3.91. The number of para-hydroxylation sites is 1. The zero-order valence-corrected chi connectivity index (χ0v) is 10.4. The Kier molecular flexibility index (Phi) is 2.42. The minimum absolute atomic E-state index is 0.425. The summed E-state index contributed by atoms with van der Waals surface area (Å²) in [5.41, 5.74) is 0. The molecule has 0 amide bonds. The van der Waals surface area contributed by atoms with Gasteiger partial charge >= 0.3 is 0 Å². The highest BCUT2D eigenvalue weighted by molar-refractivity contribution is 5.53. The highest BCUT2D eigenvalue weighted by Crippen LogP contribution is 2.53. The van der Waals surface area contributed by atoms with E-state index in [2.05, 4.69) is 6.92 Å². The number of rotatable bonds is 2. The van der Waals surface area contributed by atoms with Gasteiger partial charge in [-0.3, -0.25) is 0 Å². The molecule has 1 aromatic carbocycles. The highest BCUT2D eigenvalue weighted by Gasteiger charge is 2.51. The van der Waals surface area contributed by atoms with E-state index in [1.54, 1.807) is 7.11 Å². The number of hydrogen-bond donors (Lipinski definition) is 0. The van der Waals surface area contributed by atoms with Gasteiger partial charge in [0.1, 0.15) is 0 Å². The summed E-state index contributed by atoms with van der Waals surface area (Å²) in [6.07, 6.45) is 4.43. The molecule has 0 saturated heterocycles. The molecule has 2 aliphatic rings. The Hall–Kier alpha value is -1.38. The third kappa shape index (κ3) is 1.48. The quantitative estimate of drug-likeness (QED) is 0.785. The number of ether oxygens (including phenoxy) is 3. The molecule has 1 heterocycles. The zero-order valence-electron chi connectivity index (χ0n) is 10.4. The molecular weight excluding hydrogens is 216 g/mol. The third-order valence-electron chi connectivity index (χ3n) is 3.91. The molecule has 1 fully saturated rings. The molecule has 0 N–H and O–H groups in total. The lowest BCUT2D eigenvalue weighted by molar-refractivity contribution is -0.110. The second-order valence-corrected chi connectivity index (χ2v) is 4.80. The number of methoxy groups -OCH3 is 1. The van der Waals surface area contributed by atoms with Gasteiger partial charge in [0, 0.05) is 12.3 Å². The Labute approximate surface area is 102 Å². The van der Waals surface area contributed by atoms with Gasteiger partial charge in [0.2, 0.25) is 5.75 Å². The van der Waals surface area contributed by atoms with Crippen LogP contribution in [0.5, 0.6) is 17.2 Å². The van der Waals surface area contributed by atoms with E-state index in [9.17, 15) is 0 Å². The van der Waals surface area contributed by atoms with Gasteiger partial charge in [0.15, 0.2) is 11.5 Å². The maximum Gasteiger partial charge on any atom is 0.254 e. The molecule has 1 saturated carbocycles. The van der Waals surface area contributed by atoms with Crippen LogP contribution in [-0.4, -0.2) is 12.9 Å². The van der Waals surface area contributed by atoms with Crippen molar-refractivity contribution in [2.24, 2.45) is 5.92 Å². The van der Waals surface area contributed by atoms with Crippen LogP contribution in [0.3, 0.4) is 0 Å². The first kappa shape index (κ1) is 10.8. The van der Waals surface area contributed by atoms with Crippen molar-refractivity contribution < 1.29 is 14.2 Å². The summed E-state index contributed by atoms with van der Waals surface area (Å²) in [4.78, 5) is 0. The molecule has 3 heteroatoms. The zero-order chi connectivity index (χ0) is 11.9. The van der Waals surface area contributed by atoms with E-state index in [4.69, 9.17) is 14.2 Å². The molecule has 2 unspecified atom stereocenters. The number of hydrogen-bond acceptors (Lipinski definition) is 3. The molecule has 1 aliphatic carbocycles. The molecule has 3 rings (SSSR count). The molecular formula is C14H18O3. The predicted octanol–water partition coefficient (Wildman–Crippen LogP) is 3.37. The minimum Gasteiger partial charge on any atom is -0.493 e. The molecule has 0 radical (unpaired) electrons. The van der Waals surface area contributed by atoms with Crippen molar-refractivity contribution in [3.63, 3.8) is 0 Å². The summed E-state index contributed by atoms with van der Waals surface area (Å²) in [6.45, 7) is 2.20. The summed E-state index contributed by atoms with van der Waals surface area (Å²) in [6, 6.07) is 5.81. The topological polar surface area (TPSA) is 27.7 Å². The minimum atomic E-state index is -0.425. The van der Waals surface area contributed by atoms with Gasteiger partial charge in [0.25, 0.3) is 5.79 Å². The van der Waals surface area contributed by atoms with Crippen molar-refractivity contribution in [3.05, 3.63) is 18.2 Å². The molecule has 1 spiro atoms. The molecule has 1 aliphatic heterocycles. The molecule has 1 aromatic rings. The Morgan fingerprint density at radius 2 is 2.29 bits per heavy atom. The fourth-order valence-corrected chi connectivity index (χ4v) is 3.02. The Balaban J connectivity index is 1.97. The lowest BCUT2D eigenvalue weighted by Gasteiger charge is -2.28. The van der Waals surface area contributed by atoms with E-state index in [1.165, 1.54) is 12.8 Å². The summed E-state index contributed by atoms with van der Waals surface area (Å²) in [5, 5.41) is 0. The van der Waals surface area contributed by atoms with Crippen molar-refractivity contribution in [1.29, 1.82) is 0 Å². The van der Waals surface area contributed by atoms with Crippen LogP contribution >= 0.6 is 0 Å². The average Bonchev–Trinajstić information content (AvgIpc) is 2.92. The molecule has 92 valence electrons. The van der Waals surface area contributed by atoms with Gasteiger partial charge in [0.05, 0.1) is 7.11 Å². The van der Waals surface area contributed by atoms with Gasteiger partial charge in [-0.1, -0.05) is 13.0 Å². The van der Waals surface area contributed by atoms with E-state index in [1.807, 2.05) is 18.2 Å². The van der Waals surface area contributed by atoms with Crippen LogP contribution in [-0.2, 0) is 0 Å². The summed E-state index contributed by atoms with van der Waals surface area (Å²) in [5.74, 6) is 2.42. The van der Waals surface area contributed by atoms with E-state index < -0.39 is 5.79 Å². The van der Waals surface area contributed by atoms with Crippen molar-refractivity contribution in [2.75, 3.05) is 7.11 Å². The highest BCUT2D eigenvalue weighted by atomic mass is 16.7. The second-order valence-electron chi connectivity index (χ2n) is 4.80. The van der Waals surface area contributed by atoms with Crippen LogP contribution in [0.1, 0.15) is 32.6 Å². The summed E-state index contributed by atoms with van der Waals surface area (Å²) < 4.78 is 17.6. The maximum atomic E-state index is 6.13. The molecule has 0 bridgehead atoms. The number of benzene rings is 1. The fourth-order valence-electron chi connectivity index (χ4n) is 3.02. The standard InChI is InChI=1S/C14H18O3/c1-3-10-6-5-9-14(10)16-12-8-4-7-11(15-2)13(12)17-14/h4,7-8,10H,3,5-6,9H2,1-2H3. The van der Waals surface area contributed by atoms with E-state index in [0.717, 1.165) is 30.1 Å². The van der Waals surface area contributed by atoms with Crippen LogP contribution in [0.2, 0.25) is 0 Å². The molecule has 17 heavy (non-hydrogen) atoms. The van der Waals surface area contributed by atoms with Gasteiger partial charge in [-0.15, -0.1) is 0 Å². The first-order valence-corrected chi connectivity index (χ1v) is 6.34. The van der Waals surface area contributed by atoms with Crippen LogP contribution in [0.25, 0.3) is 0 Å². The van der Waals surface area contributed by atoms with E-state index in [-0.39, 0.29) is 0 Å². The molecule has 3 nitrogen and oxygen atoms in total.